The molecule has 9 heteroatoms. The zero-order valence-electron chi connectivity index (χ0n) is 16.5. The maximum Gasteiger partial charge on any atom is 0.277 e. The van der Waals surface area contributed by atoms with Gasteiger partial charge in [-0.05, 0) is 55.0 Å². The Hall–Kier alpha value is -1.87. The van der Waals surface area contributed by atoms with E-state index >= 15 is 0 Å². The molecule has 3 heterocycles. The largest absolute Gasteiger partial charge is 0.410 e. The maximum absolute atomic E-state index is 9.46. The molecule has 1 aromatic carbocycles. The van der Waals surface area contributed by atoms with E-state index in [1.165, 1.54) is 28.6 Å². The molecule has 0 bridgehead atoms. The summed E-state index contributed by atoms with van der Waals surface area (Å²) in [5.41, 5.74) is 3.20. The van der Waals surface area contributed by atoms with Crippen LogP contribution in [0.4, 0.5) is 0 Å². The summed E-state index contributed by atoms with van der Waals surface area (Å²) in [6.07, 6.45) is 3.52. The molecule has 3 aromatic heterocycles. The molecule has 1 aliphatic carbocycles. The van der Waals surface area contributed by atoms with Crippen molar-refractivity contribution in [2.75, 3.05) is 6.61 Å². The Labute approximate surface area is 187 Å². The number of thioether (sulfide) groups is 1. The van der Waals surface area contributed by atoms with E-state index in [9.17, 15) is 5.11 Å². The smallest absolute Gasteiger partial charge is 0.277 e. The quantitative estimate of drug-likeness (QED) is 0.398. The number of aliphatic hydroxyl groups excluding tert-OH is 1. The van der Waals surface area contributed by atoms with E-state index in [0.717, 1.165) is 40.5 Å². The number of hydrogen-bond acceptors (Lipinski definition) is 7. The highest BCUT2D eigenvalue weighted by atomic mass is 35.5. The van der Waals surface area contributed by atoms with E-state index < -0.39 is 0 Å². The summed E-state index contributed by atoms with van der Waals surface area (Å²) in [4.78, 5) is 7.19. The Morgan fingerprint density at radius 2 is 2.23 bits per heavy atom. The highest BCUT2D eigenvalue weighted by Gasteiger charge is 2.21. The first-order valence-electron chi connectivity index (χ1n) is 9.94. The van der Waals surface area contributed by atoms with E-state index in [4.69, 9.17) is 16.0 Å². The fourth-order valence-corrected chi connectivity index (χ4v) is 5.92. The number of aromatic nitrogens is 4. The van der Waals surface area contributed by atoms with Crippen molar-refractivity contribution >= 4 is 45.7 Å². The summed E-state index contributed by atoms with van der Waals surface area (Å²) in [7, 11) is 0. The van der Waals surface area contributed by atoms with Crippen molar-refractivity contribution in [1.82, 2.24) is 19.7 Å². The van der Waals surface area contributed by atoms with Crippen LogP contribution in [0.25, 0.3) is 21.8 Å². The number of halogens is 1. The van der Waals surface area contributed by atoms with Crippen molar-refractivity contribution < 1.29 is 9.52 Å². The minimum absolute atomic E-state index is 0.0298. The van der Waals surface area contributed by atoms with E-state index in [1.54, 1.807) is 11.3 Å². The lowest BCUT2D eigenvalue weighted by molar-refractivity contribution is 0.276. The molecule has 0 fully saturated rings. The van der Waals surface area contributed by atoms with Gasteiger partial charge < -0.3 is 14.1 Å². The van der Waals surface area contributed by atoms with Crippen molar-refractivity contribution in [1.29, 1.82) is 0 Å². The van der Waals surface area contributed by atoms with Gasteiger partial charge >= 0.3 is 0 Å². The zero-order valence-corrected chi connectivity index (χ0v) is 18.9. The second-order valence-electron chi connectivity index (χ2n) is 7.61. The first-order chi connectivity index (χ1) is 14.6. The summed E-state index contributed by atoms with van der Waals surface area (Å²) < 4.78 is 7.92. The number of thiophene rings is 1. The average Bonchev–Trinajstić information content (AvgIpc) is 3.43. The van der Waals surface area contributed by atoms with Crippen molar-refractivity contribution in [3.63, 3.8) is 0 Å². The van der Waals surface area contributed by atoms with Crippen molar-refractivity contribution in [3.8, 4) is 10.8 Å². The molecule has 1 atom stereocenters. The van der Waals surface area contributed by atoms with Gasteiger partial charge in [-0.2, -0.15) is 0 Å². The van der Waals surface area contributed by atoms with Crippen molar-refractivity contribution in [3.05, 3.63) is 45.6 Å². The standard InChI is InChI=1S/C21H21ClN4O2S2/c1-12-2-5-17-13(8-12)9-18(30-17)20-24-25-21(28-20)29-11-19-23-15-4-3-14(22)10-16(15)26(19)6-7-27/h3-4,9-10,12,27H,2,5-8,11H2,1H3/t12-/m1/s1. The fraction of sp³-hybridized carbons (Fsp3) is 0.381. The SMILES string of the molecule is C[C@@H]1CCc2sc(-c3nnc(SCc4nc5ccc(Cl)cc5n4CCO)o3)cc2C1. The molecule has 0 aliphatic heterocycles. The van der Waals surface area contributed by atoms with Crippen LogP contribution in [0.1, 0.15) is 29.6 Å². The summed E-state index contributed by atoms with van der Waals surface area (Å²) in [5.74, 6) is 2.72. The number of benzene rings is 1. The van der Waals surface area contributed by atoms with Crippen molar-refractivity contribution in [2.24, 2.45) is 5.92 Å². The Balaban J connectivity index is 1.35. The van der Waals surface area contributed by atoms with Crippen LogP contribution in [0.2, 0.25) is 5.02 Å². The summed E-state index contributed by atoms with van der Waals surface area (Å²) in [6.45, 7) is 2.79. The zero-order chi connectivity index (χ0) is 20.7. The molecular weight excluding hydrogens is 440 g/mol. The van der Waals surface area contributed by atoms with Gasteiger partial charge in [0.15, 0.2) is 0 Å². The van der Waals surface area contributed by atoms with Gasteiger partial charge in [-0.15, -0.1) is 21.5 Å². The third-order valence-corrected chi connectivity index (χ3v) is 7.66. The molecule has 4 aromatic rings. The Morgan fingerprint density at radius 1 is 1.33 bits per heavy atom. The lowest BCUT2D eigenvalue weighted by atomic mass is 9.90. The number of hydrogen-bond donors (Lipinski definition) is 1. The summed E-state index contributed by atoms with van der Waals surface area (Å²) in [5, 5.41) is 19.1. The van der Waals surface area contributed by atoms with Crippen LogP contribution < -0.4 is 0 Å². The Kier molecular flexibility index (Phi) is 5.58. The van der Waals surface area contributed by atoms with Gasteiger partial charge in [-0.1, -0.05) is 30.3 Å². The van der Waals surface area contributed by atoms with Crippen LogP contribution in [-0.2, 0) is 25.1 Å². The minimum atomic E-state index is 0.0298. The molecule has 0 unspecified atom stereocenters. The van der Waals surface area contributed by atoms with Crippen LogP contribution >= 0.6 is 34.7 Å². The molecule has 0 saturated carbocycles. The number of fused-ring (bicyclic) bond motifs is 2. The van der Waals surface area contributed by atoms with Crippen molar-refractivity contribution in [2.45, 2.75) is 43.7 Å². The minimum Gasteiger partial charge on any atom is -0.410 e. The maximum atomic E-state index is 9.46. The molecule has 0 amide bonds. The third kappa shape index (κ3) is 3.89. The molecule has 1 aliphatic rings. The summed E-state index contributed by atoms with van der Waals surface area (Å²) in [6, 6.07) is 7.80. The Morgan fingerprint density at radius 3 is 3.10 bits per heavy atom. The number of aryl methyl sites for hydroxylation is 1. The highest BCUT2D eigenvalue weighted by molar-refractivity contribution is 7.98. The molecular formula is C21H21ClN4O2S2. The van der Waals surface area contributed by atoms with E-state index in [0.29, 0.717) is 28.4 Å². The molecule has 30 heavy (non-hydrogen) atoms. The number of nitrogens with zero attached hydrogens (tertiary/aromatic N) is 4. The number of rotatable bonds is 6. The normalized spacial score (nSPS) is 16.3. The molecule has 5 rings (SSSR count). The van der Waals surface area contributed by atoms with E-state index in [1.807, 2.05) is 22.8 Å². The van der Waals surface area contributed by atoms with Gasteiger partial charge in [0.1, 0.15) is 5.82 Å². The highest BCUT2D eigenvalue weighted by Crippen LogP contribution is 2.37. The summed E-state index contributed by atoms with van der Waals surface area (Å²) >= 11 is 9.36. The van der Waals surface area contributed by atoms with Gasteiger partial charge in [-0.25, -0.2) is 4.98 Å². The van der Waals surface area contributed by atoms with Crippen LogP contribution in [0.15, 0.2) is 33.9 Å². The average molecular weight is 461 g/mol. The number of aliphatic hydroxyl groups is 1. The van der Waals surface area contributed by atoms with Crippen LogP contribution in [0.3, 0.4) is 0 Å². The second kappa shape index (κ2) is 8.34. The monoisotopic (exact) mass is 460 g/mol. The second-order valence-corrected chi connectivity index (χ2v) is 10.1. The molecule has 0 radical (unpaired) electrons. The van der Waals surface area contributed by atoms with E-state index in [-0.39, 0.29) is 6.61 Å². The first kappa shape index (κ1) is 20.1. The Bertz CT molecular complexity index is 1200. The fourth-order valence-electron chi connectivity index (χ4n) is 3.91. The first-order valence-corrected chi connectivity index (χ1v) is 12.1. The molecule has 0 spiro atoms. The van der Waals surface area contributed by atoms with Gasteiger partial charge in [0, 0.05) is 16.4 Å². The number of imidazole rings is 1. The van der Waals surface area contributed by atoms with E-state index in [2.05, 4.69) is 28.2 Å². The lowest BCUT2D eigenvalue weighted by Crippen LogP contribution is -2.07. The molecule has 156 valence electrons. The van der Waals surface area contributed by atoms with Gasteiger partial charge in [0.05, 0.1) is 28.3 Å². The van der Waals surface area contributed by atoms with Crippen LogP contribution in [0, 0.1) is 5.92 Å². The predicted octanol–water partition coefficient (Wildman–Crippen LogP) is 5.21. The van der Waals surface area contributed by atoms with Crippen LogP contribution in [-0.4, -0.2) is 31.5 Å². The lowest BCUT2D eigenvalue weighted by Gasteiger charge is -2.16. The third-order valence-electron chi connectivity index (χ3n) is 5.38. The van der Waals surface area contributed by atoms with Crippen LogP contribution in [0.5, 0.6) is 0 Å². The van der Waals surface area contributed by atoms with Gasteiger partial charge in [0.2, 0.25) is 0 Å². The molecule has 1 N–H and O–H groups in total. The predicted molar refractivity (Wildman–Crippen MR) is 120 cm³/mol. The van der Waals surface area contributed by atoms with Gasteiger partial charge in [0.25, 0.3) is 11.1 Å². The van der Waals surface area contributed by atoms with Gasteiger partial charge in [-0.3, -0.25) is 0 Å². The molecule has 6 nitrogen and oxygen atoms in total. The topological polar surface area (TPSA) is 77.0 Å². The molecule has 0 saturated heterocycles.